The third-order valence-electron chi connectivity index (χ3n) is 4.59. The third-order valence-corrected chi connectivity index (χ3v) is 4.92. The molecule has 0 spiro atoms. The van der Waals surface area contributed by atoms with Gasteiger partial charge in [0.15, 0.2) is 0 Å². The fraction of sp³-hybridized carbons (Fsp3) is 0.625. The molecule has 112 valence electrons. The molecule has 20 heavy (non-hydrogen) atoms. The molecule has 1 heterocycles. The molecule has 1 aliphatic rings. The summed E-state index contributed by atoms with van der Waals surface area (Å²) in [7, 11) is 0. The van der Waals surface area contributed by atoms with Crippen molar-refractivity contribution in [2.24, 2.45) is 17.6 Å². The van der Waals surface area contributed by atoms with E-state index < -0.39 is 0 Å². The number of hydrogen-bond donors (Lipinski definition) is 1. The first kappa shape index (κ1) is 15.7. The van der Waals surface area contributed by atoms with Crippen LogP contribution in [0.15, 0.2) is 18.2 Å². The molecule has 0 bridgehead atoms. The summed E-state index contributed by atoms with van der Waals surface area (Å²) >= 11 is 6.22. The van der Waals surface area contributed by atoms with Crippen molar-refractivity contribution in [1.29, 1.82) is 0 Å². The van der Waals surface area contributed by atoms with Crippen LogP contribution in [0.1, 0.15) is 38.8 Å². The first-order valence-corrected chi connectivity index (χ1v) is 7.72. The van der Waals surface area contributed by atoms with E-state index in [1.807, 2.05) is 0 Å². The Morgan fingerprint density at radius 1 is 1.40 bits per heavy atom. The Hall–Kier alpha value is -0.640. The number of benzene rings is 1. The van der Waals surface area contributed by atoms with Crippen molar-refractivity contribution in [2.75, 3.05) is 13.1 Å². The van der Waals surface area contributed by atoms with Gasteiger partial charge in [-0.05, 0) is 42.9 Å². The fourth-order valence-corrected chi connectivity index (χ4v) is 3.68. The smallest absolute Gasteiger partial charge is 0.124 e. The molecule has 0 radical (unpaired) electrons. The molecule has 2 rings (SSSR count). The zero-order valence-electron chi connectivity index (χ0n) is 12.4. The summed E-state index contributed by atoms with van der Waals surface area (Å²) in [5, 5.41) is 0.471. The molecule has 1 aliphatic heterocycles. The molecule has 2 nitrogen and oxygen atoms in total. The lowest BCUT2D eigenvalue weighted by Gasteiger charge is -2.45. The van der Waals surface area contributed by atoms with Crippen LogP contribution in [0.4, 0.5) is 4.39 Å². The zero-order chi connectivity index (χ0) is 14.9. The Kier molecular flexibility index (Phi) is 5.05. The maximum atomic E-state index is 13.2. The van der Waals surface area contributed by atoms with E-state index in [0.29, 0.717) is 29.4 Å². The zero-order valence-corrected chi connectivity index (χ0v) is 13.2. The molecule has 0 saturated carbocycles. The van der Waals surface area contributed by atoms with E-state index in [0.717, 1.165) is 12.1 Å². The van der Waals surface area contributed by atoms with E-state index in [-0.39, 0.29) is 11.9 Å². The fourth-order valence-electron chi connectivity index (χ4n) is 3.38. The van der Waals surface area contributed by atoms with Crippen LogP contribution in [0, 0.1) is 17.7 Å². The number of hydrogen-bond acceptors (Lipinski definition) is 2. The van der Waals surface area contributed by atoms with Gasteiger partial charge in [-0.3, -0.25) is 4.90 Å². The molecule has 0 aliphatic carbocycles. The second kappa shape index (κ2) is 6.42. The normalized spacial score (nSPS) is 29.4. The Labute approximate surface area is 126 Å². The number of rotatable bonds is 3. The first-order valence-electron chi connectivity index (χ1n) is 7.34. The van der Waals surface area contributed by atoms with E-state index in [1.54, 1.807) is 6.07 Å². The average molecular weight is 299 g/mol. The quantitative estimate of drug-likeness (QED) is 0.918. The van der Waals surface area contributed by atoms with E-state index in [1.165, 1.54) is 18.6 Å². The van der Waals surface area contributed by atoms with Crippen molar-refractivity contribution >= 4 is 11.6 Å². The lowest BCUT2D eigenvalue weighted by atomic mass is 9.84. The van der Waals surface area contributed by atoms with Gasteiger partial charge in [0, 0.05) is 30.2 Å². The molecule has 1 saturated heterocycles. The SMILES string of the molecule is CC1CC(C)C(C)N(C(CN)c2ccc(F)cc2Cl)C1. The van der Waals surface area contributed by atoms with Crippen LogP contribution in [0.3, 0.4) is 0 Å². The minimum atomic E-state index is -0.303. The Morgan fingerprint density at radius 3 is 2.70 bits per heavy atom. The highest BCUT2D eigenvalue weighted by Gasteiger charge is 2.34. The van der Waals surface area contributed by atoms with Crippen LogP contribution in [0.5, 0.6) is 0 Å². The molecule has 2 N–H and O–H groups in total. The molecular formula is C16H24ClFN2. The standard InChI is InChI=1S/C16H24ClFN2/c1-10-6-11(2)12(3)20(9-10)16(8-19)14-5-4-13(18)7-15(14)17/h4-5,7,10-12,16H,6,8-9,19H2,1-3H3. The Balaban J connectivity index is 2.31. The van der Waals surface area contributed by atoms with Crippen molar-refractivity contribution in [3.05, 3.63) is 34.6 Å². The van der Waals surface area contributed by atoms with Gasteiger partial charge in [-0.25, -0.2) is 4.39 Å². The van der Waals surface area contributed by atoms with Crippen LogP contribution in [0.2, 0.25) is 5.02 Å². The molecule has 0 amide bonds. The molecule has 4 heteroatoms. The van der Waals surface area contributed by atoms with Crippen molar-refractivity contribution in [2.45, 2.75) is 39.3 Å². The predicted octanol–water partition coefficient (Wildman–Crippen LogP) is 3.85. The lowest BCUT2D eigenvalue weighted by Crippen LogP contribution is -2.49. The van der Waals surface area contributed by atoms with Crippen molar-refractivity contribution in [3.8, 4) is 0 Å². The molecule has 1 aromatic carbocycles. The average Bonchev–Trinajstić information content (AvgIpc) is 2.38. The number of nitrogens with zero attached hydrogens (tertiary/aromatic N) is 1. The van der Waals surface area contributed by atoms with Crippen LogP contribution in [-0.2, 0) is 0 Å². The van der Waals surface area contributed by atoms with Gasteiger partial charge in [-0.1, -0.05) is 31.5 Å². The predicted molar refractivity (Wildman–Crippen MR) is 82.3 cm³/mol. The second-order valence-corrected chi connectivity index (χ2v) is 6.58. The van der Waals surface area contributed by atoms with Gasteiger partial charge >= 0.3 is 0 Å². The van der Waals surface area contributed by atoms with Crippen LogP contribution in [-0.4, -0.2) is 24.0 Å². The summed E-state index contributed by atoms with van der Waals surface area (Å²) in [6.07, 6.45) is 1.24. The summed E-state index contributed by atoms with van der Waals surface area (Å²) in [5.41, 5.74) is 6.94. The highest BCUT2D eigenvalue weighted by molar-refractivity contribution is 6.31. The van der Waals surface area contributed by atoms with Gasteiger partial charge in [0.25, 0.3) is 0 Å². The topological polar surface area (TPSA) is 29.3 Å². The summed E-state index contributed by atoms with van der Waals surface area (Å²) in [5.74, 6) is 0.976. The van der Waals surface area contributed by atoms with Crippen LogP contribution < -0.4 is 5.73 Å². The van der Waals surface area contributed by atoms with Gasteiger partial charge < -0.3 is 5.73 Å². The Bertz CT molecular complexity index is 466. The minimum Gasteiger partial charge on any atom is -0.329 e. The molecule has 0 aromatic heterocycles. The van der Waals surface area contributed by atoms with Crippen molar-refractivity contribution in [1.82, 2.24) is 4.90 Å². The van der Waals surface area contributed by atoms with E-state index >= 15 is 0 Å². The van der Waals surface area contributed by atoms with Crippen molar-refractivity contribution < 1.29 is 4.39 Å². The van der Waals surface area contributed by atoms with E-state index in [9.17, 15) is 4.39 Å². The number of nitrogens with two attached hydrogens (primary N) is 1. The highest BCUT2D eigenvalue weighted by atomic mass is 35.5. The van der Waals surface area contributed by atoms with Gasteiger partial charge in [-0.15, -0.1) is 0 Å². The first-order chi connectivity index (χ1) is 9.43. The maximum Gasteiger partial charge on any atom is 0.124 e. The van der Waals surface area contributed by atoms with Crippen molar-refractivity contribution in [3.63, 3.8) is 0 Å². The van der Waals surface area contributed by atoms with Gasteiger partial charge in [0.2, 0.25) is 0 Å². The van der Waals surface area contributed by atoms with Gasteiger partial charge in [-0.2, -0.15) is 0 Å². The molecule has 4 atom stereocenters. The van der Waals surface area contributed by atoms with Gasteiger partial charge in [0.1, 0.15) is 5.82 Å². The number of halogens is 2. The largest absolute Gasteiger partial charge is 0.329 e. The summed E-state index contributed by atoms with van der Waals surface area (Å²) < 4.78 is 13.2. The monoisotopic (exact) mass is 298 g/mol. The Morgan fingerprint density at radius 2 is 2.10 bits per heavy atom. The highest BCUT2D eigenvalue weighted by Crippen LogP contribution is 2.35. The molecule has 4 unspecified atom stereocenters. The van der Waals surface area contributed by atoms with E-state index in [4.69, 9.17) is 17.3 Å². The summed E-state index contributed by atoms with van der Waals surface area (Å²) in [6.45, 7) is 8.31. The molecular weight excluding hydrogens is 275 g/mol. The third kappa shape index (κ3) is 3.16. The van der Waals surface area contributed by atoms with E-state index in [2.05, 4.69) is 25.7 Å². The summed E-state index contributed by atoms with van der Waals surface area (Å²) in [4.78, 5) is 2.43. The number of likely N-dealkylation sites (tertiary alicyclic amines) is 1. The number of piperidine rings is 1. The second-order valence-electron chi connectivity index (χ2n) is 6.17. The minimum absolute atomic E-state index is 0.0586. The van der Waals surface area contributed by atoms with Crippen LogP contribution >= 0.6 is 11.6 Å². The summed E-state index contributed by atoms with van der Waals surface area (Å²) in [6, 6.07) is 5.13. The lowest BCUT2D eigenvalue weighted by molar-refractivity contribution is 0.0424. The van der Waals surface area contributed by atoms with Gasteiger partial charge in [0.05, 0.1) is 0 Å². The maximum absolute atomic E-state index is 13.2. The molecule has 1 aromatic rings. The van der Waals surface area contributed by atoms with Crippen LogP contribution in [0.25, 0.3) is 0 Å². The molecule has 1 fully saturated rings.